The Morgan fingerprint density at radius 1 is 1.19 bits per heavy atom. The maximum absolute atomic E-state index is 12.5. The number of ether oxygens (including phenoxy) is 1. The number of carbonyl (C=O) groups is 1. The van der Waals surface area contributed by atoms with Gasteiger partial charge in [-0.15, -0.1) is 0 Å². The second-order valence-corrected chi connectivity index (χ2v) is 7.06. The molecule has 0 saturated carbocycles. The summed E-state index contributed by atoms with van der Waals surface area (Å²) in [4.78, 5) is 23.5. The number of aromatic nitrogens is 2. The van der Waals surface area contributed by atoms with E-state index in [9.17, 15) is 4.79 Å². The minimum atomic E-state index is -0.247. The lowest BCUT2D eigenvalue weighted by Gasteiger charge is -2.30. The second-order valence-electron chi connectivity index (χ2n) is 7.06. The molecule has 1 aliphatic rings. The summed E-state index contributed by atoms with van der Waals surface area (Å²) in [5.41, 5.74) is 1.07. The average Bonchev–Trinajstić information content (AvgIpc) is 2.64. The van der Waals surface area contributed by atoms with E-state index in [4.69, 9.17) is 4.74 Å². The molecule has 2 aromatic rings. The number of benzene rings is 1. The monoisotopic (exact) mass is 354 g/mol. The zero-order chi connectivity index (χ0) is 18.5. The first-order valence-electron chi connectivity index (χ1n) is 9.17. The quantitative estimate of drug-likeness (QED) is 0.886. The summed E-state index contributed by atoms with van der Waals surface area (Å²) in [6, 6.07) is 7.40. The number of nitrogens with one attached hydrogen (secondary N) is 1. The molecule has 6 heteroatoms. The van der Waals surface area contributed by atoms with Crippen molar-refractivity contribution in [1.29, 1.82) is 0 Å². The van der Waals surface area contributed by atoms with Crippen molar-refractivity contribution < 1.29 is 9.53 Å². The van der Waals surface area contributed by atoms with E-state index in [1.165, 1.54) is 0 Å². The lowest BCUT2D eigenvalue weighted by atomic mass is 10.00. The van der Waals surface area contributed by atoms with Crippen molar-refractivity contribution in [3.63, 3.8) is 0 Å². The van der Waals surface area contributed by atoms with Crippen molar-refractivity contribution in [3.05, 3.63) is 42.2 Å². The molecule has 2 heterocycles. The average molecular weight is 354 g/mol. The lowest BCUT2D eigenvalue weighted by molar-refractivity contribution is 0.102. The minimum absolute atomic E-state index is 0.0305. The summed E-state index contributed by atoms with van der Waals surface area (Å²) in [7, 11) is 0. The van der Waals surface area contributed by atoms with E-state index >= 15 is 0 Å². The Kier molecular flexibility index (Phi) is 5.71. The van der Waals surface area contributed by atoms with Gasteiger partial charge in [0.05, 0.1) is 17.4 Å². The van der Waals surface area contributed by atoms with E-state index < -0.39 is 0 Å². The van der Waals surface area contributed by atoms with Crippen LogP contribution in [-0.2, 0) is 0 Å². The molecule has 6 nitrogen and oxygen atoms in total. The first-order chi connectivity index (χ1) is 12.5. The van der Waals surface area contributed by atoms with Crippen LogP contribution in [0.25, 0.3) is 0 Å². The SMILES string of the molecule is CC1CCN(c2ncc(C(=O)Nc3ccccc3OC(C)C)cn2)CC1. The highest BCUT2D eigenvalue weighted by Gasteiger charge is 2.18. The van der Waals surface area contributed by atoms with Crippen LogP contribution in [0.5, 0.6) is 5.75 Å². The van der Waals surface area contributed by atoms with Crippen LogP contribution in [-0.4, -0.2) is 35.1 Å². The van der Waals surface area contributed by atoms with Crippen molar-refractivity contribution >= 4 is 17.5 Å². The van der Waals surface area contributed by atoms with Crippen LogP contribution in [0.4, 0.5) is 11.6 Å². The number of amides is 1. The van der Waals surface area contributed by atoms with Crippen molar-refractivity contribution in [2.75, 3.05) is 23.3 Å². The molecule has 1 saturated heterocycles. The standard InChI is InChI=1S/C20H26N4O2/c1-14(2)26-18-7-5-4-6-17(18)23-19(25)16-12-21-20(22-13-16)24-10-8-15(3)9-11-24/h4-7,12-15H,8-11H2,1-3H3,(H,23,25). The molecule has 1 aliphatic heterocycles. The van der Waals surface area contributed by atoms with Gasteiger partial charge in [0.2, 0.25) is 5.95 Å². The van der Waals surface area contributed by atoms with Crippen molar-refractivity contribution in [2.45, 2.75) is 39.7 Å². The van der Waals surface area contributed by atoms with E-state index in [2.05, 4.69) is 27.1 Å². The first-order valence-corrected chi connectivity index (χ1v) is 9.17. The van der Waals surface area contributed by atoms with Crippen LogP contribution in [0.1, 0.15) is 44.0 Å². The third-order valence-electron chi connectivity index (χ3n) is 4.46. The fraction of sp³-hybridized carbons (Fsp3) is 0.450. The molecule has 0 unspecified atom stereocenters. The van der Waals surface area contributed by atoms with Crippen LogP contribution in [0.3, 0.4) is 0 Å². The molecule has 0 radical (unpaired) electrons. The van der Waals surface area contributed by atoms with Crippen molar-refractivity contribution in [2.24, 2.45) is 5.92 Å². The third kappa shape index (κ3) is 4.50. The molecule has 0 aliphatic carbocycles. The third-order valence-corrected chi connectivity index (χ3v) is 4.46. The molecule has 1 aromatic heterocycles. The van der Waals surface area contributed by atoms with Gasteiger partial charge in [-0.1, -0.05) is 19.1 Å². The predicted octanol–water partition coefficient (Wildman–Crippen LogP) is 3.75. The summed E-state index contributed by atoms with van der Waals surface area (Å²) in [5.74, 6) is 1.85. The Hall–Kier alpha value is -2.63. The highest BCUT2D eigenvalue weighted by molar-refractivity contribution is 6.04. The fourth-order valence-electron chi connectivity index (χ4n) is 2.93. The van der Waals surface area contributed by atoms with Crippen LogP contribution < -0.4 is 15.0 Å². The molecule has 138 valence electrons. The normalized spacial score (nSPS) is 15.2. The van der Waals surface area contributed by atoms with Gasteiger partial charge in [0, 0.05) is 25.5 Å². The number of rotatable bonds is 5. The van der Waals surface area contributed by atoms with Gasteiger partial charge >= 0.3 is 0 Å². The molecule has 0 atom stereocenters. The number of piperidine rings is 1. The number of hydrogen-bond acceptors (Lipinski definition) is 5. The maximum atomic E-state index is 12.5. The minimum Gasteiger partial charge on any atom is -0.489 e. The summed E-state index contributed by atoms with van der Waals surface area (Å²) in [5, 5.41) is 2.88. The van der Waals surface area contributed by atoms with E-state index in [0.717, 1.165) is 31.8 Å². The predicted molar refractivity (Wildman–Crippen MR) is 103 cm³/mol. The van der Waals surface area contributed by atoms with Gasteiger partial charge in [-0.2, -0.15) is 0 Å². The van der Waals surface area contributed by atoms with Crippen LogP contribution in [0.15, 0.2) is 36.7 Å². The number of anilines is 2. The van der Waals surface area contributed by atoms with Crippen LogP contribution in [0.2, 0.25) is 0 Å². The Balaban J connectivity index is 1.67. The van der Waals surface area contributed by atoms with Gasteiger partial charge in [0.25, 0.3) is 5.91 Å². The van der Waals surface area contributed by atoms with Crippen molar-refractivity contribution in [3.8, 4) is 5.75 Å². The fourth-order valence-corrected chi connectivity index (χ4v) is 2.93. The topological polar surface area (TPSA) is 67.4 Å². The number of nitrogens with zero attached hydrogens (tertiary/aromatic N) is 3. The van der Waals surface area contributed by atoms with E-state index in [1.807, 2.05) is 38.1 Å². The molecule has 1 aromatic carbocycles. The maximum Gasteiger partial charge on any atom is 0.258 e. The molecule has 3 rings (SSSR count). The second kappa shape index (κ2) is 8.17. The molecular weight excluding hydrogens is 328 g/mol. The highest BCUT2D eigenvalue weighted by atomic mass is 16.5. The number of para-hydroxylation sites is 2. The lowest BCUT2D eigenvalue weighted by Crippen LogP contribution is -2.34. The molecule has 26 heavy (non-hydrogen) atoms. The van der Waals surface area contributed by atoms with Gasteiger partial charge in [-0.3, -0.25) is 4.79 Å². The highest BCUT2D eigenvalue weighted by Crippen LogP contribution is 2.25. The summed E-state index contributed by atoms with van der Waals surface area (Å²) < 4.78 is 5.74. The summed E-state index contributed by atoms with van der Waals surface area (Å²) in [6.07, 6.45) is 5.50. The molecule has 1 fully saturated rings. The Bertz CT molecular complexity index is 738. The summed E-state index contributed by atoms with van der Waals surface area (Å²) in [6.45, 7) is 8.10. The summed E-state index contributed by atoms with van der Waals surface area (Å²) >= 11 is 0. The van der Waals surface area contributed by atoms with Crippen molar-refractivity contribution in [1.82, 2.24) is 9.97 Å². The Labute approximate surface area is 154 Å². The van der Waals surface area contributed by atoms with Crippen LogP contribution >= 0.6 is 0 Å². The number of carbonyl (C=O) groups excluding carboxylic acids is 1. The smallest absolute Gasteiger partial charge is 0.258 e. The molecule has 0 bridgehead atoms. The van der Waals surface area contributed by atoms with E-state index in [0.29, 0.717) is 22.9 Å². The molecule has 1 amide bonds. The largest absolute Gasteiger partial charge is 0.489 e. The first kappa shape index (κ1) is 18.2. The molecule has 1 N–H and O–H groups in total. The Morgan fingerprint density at radius 3 is 2.50 bits per heavy atom. The van der Waals surface area contributed by atoms with Gasteiger partial charge < -0.3 is 15.0 Å². The van der Waals surface area contributed by atoms with E-state index in [-0.39, 0.29) is 12.0 Å². The van der Waals surface area contributed by atoms with Crippen LogP contribution in [0, 0.1) is 5.92 Å². The van der Waals surface area contributed by atoms with Gasteiger partial charge in [0.1, 0.15) is 5.75 Å². The molecule has 0 spiro atoms. The zero-order valence-electron chi connectivity index (χ0n) is 15.6. The van der Waals surface area contributed by atoms with E-state index in [1.54, 1.807) is 12.4 Å². The van der Waals surface area contributed by atoms with Gasteiger partial charge in [-0.25, -0.2) is 9.97 Å². The zero-order valence-corrected chi connectivity index (χ0v) is 15.6. The Morgan fingerprint density at radius 2 is 1.85 bits per heavy atom. The van der Waals surface area contributed by atoms with Gasteiger partial charge in [0.15, 0.2) is 0 Å². The number of hydrogen-bond donors (Lipinski definition) is 1. The van der Waals surface area contributed by atoms with Gasteiger partial charge in [-0.05, 0) is 44.7 Å². The molecular formula is C20H26N4O2.